The van der Waals surface area contributed by atoms with Gasteiger partial charge in [-0.25, -0.2) is 15.0 Å². The van der Waals surface area contributed by atoms with Crippen LogP contribution in [0, 0.1) is 24.0 Å². The smallest absolute Gasteiger partial charge is 0.288 e. The third-order valence-electron chi connectivity index (χ3n) is 4.15. The highest BCUT2D eigenvalue weighted by molar-refractivity contribution is 9.10. The first-order valence-corrected chi connectivity index (χ1v) is 8.85. The van der Waals surface area contributed by atoms with Crippen molar-refractivity contribution in [3.8, 4) is 0 Å². The van der Waals surface area contributed by atoms with Gasteiger partial charge in [-0.15, -0.1) is 0 Å². The second-order valence-electron chi connectivity index (χ2n) is 6.10. The Labute approximate surface area is 154 Å². The van der Waals surface area contributed by atoms with Gasteiger partial charge in [0.1, 0.15) is 23.7 Å². The molecule has 1 aliphatic heterocycles. The lowest BCUT2D eigenvalue weighted by molar-refractivity contribution is -0.385. The molecule has 0 saturated carbocycles. The van der Waals surface area contributed by atoms with E-state index in [1.54, 1.807) is 0 Å². The number of hydrogen-bond acceptors (Lipinski definition) is 7. The zero-order chi connectivity index (χ0) is 18.0. The lowest BCUT2D eigenvalue weighted by Crippen LogP contribution is -2.39. The molecule has 1 fully saturated rings. The molecular formula is C16H19BrN6O2. The minimum absolute atomic E-state index is 0.0262. The van der Waals surface area contributed by atoms with Crippen LogP contribution in [-0.4, -0.2) is 39.0 Å². The summed E-state index contributed by atoms with van der Waals surface area (Å²) in [5, 5.41) is 14.2. The van der Waals surface area contributed by atoms with Crippen LogP contribution in [0.4, 0.5) is 17.3 Å². The molecule has 0 amide bonds. The summed E-state index contributed by atoms with van der Waals surface area (Å²) < 4.78 is 0.603. The van der Waals surface area contributed by atoms with E-state index in [0.29, 0.717) is 10.3 Å². The second-order valence-corrected chi connectivity index (χ2v) is 6.96. The molecule has 2 aromatic rings. The summed E-state index contributed by atoms with van der Waals surface area (Å²) in [5.74, 6) is 2.39. The number of anilines is 2. The Morgan fingerprint density at radius 3 is 2.60 bits per heavy atom. The molecule has 3 heterocycles. The highest BCUT2D eigenvalue weighted by Gasteiger charge is 2.22. The average molecular weight is 407 g/mol. The van der Waals surface area contributed by atoms with Crippen molar-refractivity contribution in [2.75, 3.05) is 23.3 Å². The predicted octanol–water partition coefficient (Wildman–Crippen LogP) is 3.24. The maximum absolute atomic E-state index is 10.8. The van der Waals surface area contributed by atoms with Gasteiger partial charge in [-0.2, -0.15) is 0 Å². The van der Waals surface area contributed by atoms with Crippen LogP contribution in [0.5, 0.6) is 0 Å². The van der Waals surface area contributed by atoms with Crippen molar-refractivity contribution in [2.45, 2.75) is 32.7 Å². The number of rotatable bonds is 4. The van der Waals surface area contributed by atoms with E-state index >= 15 is 0 Å². The van der Waals surface area contributed by atoms with Gasteiger partial charge >= 0.3 is 0 Å². The first-order valence-electron chi connectivity index (χ1n) is 8.06. The normalized spacial score (nSPS) is 15.2. The molecule has 25 heavy (non-hydrogen) atoms. The van der Waals surface area contributed by atoms with Gasteiger partial charge in [-0.1, -0.05) is 0 Å². The molecule has 0 radical (unpaired) electrons. The van der Waals surface area contributed by atoms with Crippen molar-refractivity contribution in [2.24, 2.45) is 0 Å². The number of nitrogens with one attached hydrogen (secondary N) is 1. The van der Waals surface area contributed by atoms with Gasteiger partial charge < -0.3 is 10.2 Å². The lowest BCUT2D eigenvalue weighted by atomic mass is 10.0. The fourth-order valence-corrected chi connectivity index (χ4v) is 3.39. The standard InChI is InChI=1S/C16H19BrN6O2/c1-10-7-15(20-11(2)19-10)22-5-3-12(4-6-22)21-16-14(17)8-13(9-18-16)23(24)25/h7-9,12H,3-6H2,1-2H3,(H,18,21). The van der Waals surface area contributed by atoms with Gasteiger partial charge in [0.25, 0.3) is 5.69 Å². The monoisotopic (exact) mass is 406 g/mol. The Morgan fingerprint density at radius 2 is 2.00 bits per heavy atom. The molecule has 3 rings (SSSR count). The van der Waals surface area contributed by atoms with E-state index in [-0.39, 0.29) is 11.7 Å². The molecule has 0 spiro atoms. The number of nitro groups is 1. The number of piperidine rings is 1. The van der Waals surface area contributed by atoms with Crippen LogP contribution >= 0.6 is 15.9 Å². The fraction of sp³-hybridized carbons (Fsp3) is 0.438. The number of pyridine rings is 1. The summed E-state index contributed by atoms with van der Waals surface area (Å²) in [6.07, 6.45) is 3.15. The van der Waals surface area contributed by atoms with Gasteiger partial charge in [0.05, 0.1) is 9.40 Å². The van der Waals surface area contributed by atoms with Crippen LogP contribution in [0.2, 0.25) is 0 Å². The van der Waals surface area contributed by atoms with Crippen LogP contribution in [0.3, 0.4) is 0 Å². The van der Waals surface area contributed by atoms with E-state index in [1.807, 2.05) is 19.9 Å². The molecule has 9 heteroatoms. The van der Waals surface area contributed by atoms with E-state index in [1.165, 1.54) is 12.3 Å². The molecular weight excluding hydrogens is 388 g/mol. The molecule has 132 valence electrons. The van der Waals surface area contributed by atoms with Crippen LogP contribution in [0.25, 0.3) is 0 Å². The topological polar surface area (TPSA) is 97.1 Å². The summed E-state index contributed by atoms with van der Waals surface area (Å²) in [6, 6.07) is 3.75. The molecule has 1 saturated heterocycles. The average Bonchev–Trinajstić information content (AvgIpc) is 2.56. The summed E-state index contributed by atoms with van der Waals surface area (Å²) in [4.78, 5) is 25.6. The first-order chi connectivity index (χ1) is 11.9. The van der Waals surface area contributed by atoms with Gasteiger partial charge in [-0.3, -0.25) is 10.1 Å². The SMILES string of the molecule is Cc1cc(N2CCC(Nc3ncc([N+](=O)[O-])cc3Br)CC2)nc(C)n1. The second kappa shape index (κ2) is 7.30. The van der Waals surface area contributed by atoms with E-state index < -0.39 is 4.92 Å². The number of aryl methyl sites for hydroxylation is 2. The number of nitrogens with zero attached hydrogens (tertiary/aromatic N) is 5. The van der Waals surface area contributed by atoms with Gasteiger partial charge in [0, 0.05) is 37.0 Å². The van der Waals surface area contributed by atoms with E-state index in [2.05, 4.69) is 41.1 Å². The molecule has 0 atom stereocenters. The molecule has 0 aromatic carbocycles. The molecule has 1 aliphatic rings. The molecule has 8 nitrogen and oxygen atoms in total. The Kier molecular flexibility index (Phi) is 5.12. The van der Waals surface area contributed by atoms with Gasteiger partial charge in [0.2, 0.25) is 0 Å². The summed E-state index contributed by atoms with van der Waals surface area (Å²) in [6.45, 7) is 5.66. The molecule has 2 aromatic heterocycles. The maximum Gasteiger partial charge on any atom is 0.288 e. The van der Waals surface area contributed by atoms with E-state index in [0.717, 1.165) is 43.3 Å². The molecule has 0 aliphatic carbocycles. The maximum atomic E-state index is 10.8. The minimum atomic E-state index is -0.453. The number of hydrogen-bond donors (Lipinski definition) is 1. The van der Waals surface area contributed by atoms with E-state index in [4.69, 9.17) is 0 Å². The van der Waals surface area contributed by atoms with Crippen molar-refractivity contribution in [3.05, 3.63) is 44.4 Å². The predicted molar refractivity (Wildman–Crippen MR) is 99.0 cm³/mol. The summed E-state index contributed by atoms with van der Waals surface area (Å²) in [5.41, 5.74) is 0.948. The summed E-state index contributed by atoms with van der Waals surface area (Å²) >= 11 is 3.35. The fourth-order valence-electron chi connectivity index (χ4n) is 2.94. The first kappa shape index (κ1) is 17.5. The zero-order valence-electron chi connectivity index (χ0n) is 14.1. The minimum Gasteiger partial charge on any atom is -0.366 e. The Hall–Kier alpha value is -2.29. The van der Waals surface area contributed by atoms with Crippen molar-refractivity contribution in [1.82, 2.24) is 15.0 Å². The zero-order valence-corrected chi connectivity index (χ0v) is 15.7. The molecule has 0 unspecified atom stereocenters. The van der Waals surface area contributed by atoms with Crippen molar-refractivity contribution in [1.29, 1.82) is 0 Å². The van der Waals surface area contributed by atoms with Crippen molar-refractivity contribution < 1.29 is 4.92 Å². The third-order valence-corrected chi connectivity index (χ3v) is 4.75. The van der Waals surface area contributed by atoms with Gasteiger partial charge in [0.15, 0.2) is 0 Å². The highest BCUT2D eigenvalue weighted by Crippen LogP contribution is 2.27. The molecule has 0 bridgehead atoms. The van der Waals surface area contributed by atoms with Crippen LogP contribution in [-0.2, 0) is 0 Å². The number of aromatic nitrogens is 3. The van der Waals surface area contributed by atoms with Crippen LogP contribution < -0.4 is 10.2 Å². The highest BCUT2D eigenvalue weighted by atomic mass is 79.9. The van der Waals surface area contributed by atoms with Crippen molar-refractivity contribution in [3.63, 3.8) is 0 Å². The van der Waals surface area contributed by atoms with Crippen molar-refractivity contribution >= 4 is 33.3 Å². The quantitative estimate of drug-likeness (QED) is 0.614. The van der Waals surface area contributed by atoms with E-state index in [9.17, 15) is 10.1 Å². The number of halogens is 1. The largest absolute Gasteiger partial charge is 0.366 e. The Bertz CT molecular complexity index is 772. The Morgan fingerprint density at radius 1 is 1.28 bits per heavy atom. The Balaban J connectivity index is 1.62. The van der Waals surface area contributed by atoms with Crippen LogP contribution in [0.15, 0.2) is 22.8 Å². The van der Waals surface area contributed by atoms with Gasteiger partial charge in [-0.05, 0) is 42.6 Å². The third kappa shape index (κ3) is 4.22. The molecule has 1 N–H and O–H groups in total. The summed E-state index contributed by atoms with van der Waals surface area (Å²) in [7, 11) is 0. The lowest BCUT2D eigenvalue weighted by Gasteiger charge is -2.33. The van der Waals surface area contributed by atoms with Crippen LogP contribution in [0.1, 0.15) is 24.4 Å².